The average Bonchev–Trinajstić information content (AvgIpc) is 3.66. The predicted octanol–water partition coefficient (Wildman–Crippen LogP) is 12.1. The van der Waals surface area contributed by atoms with Crippen molar-refractivity contribution in [2.75, 3.05) is 19.6 Å². The van der Waals surface area contributed by atoms with E-state index in [2.05, 4.69) is 139 Å². The summed E-state index contributed by atoms with van der Waals surface area (Å²) in [6, 6.07) is 2.32. The minimum Gasteiger partial charge on any atom is -0.295 e. The molecule has 5 fully saturated rings. The third-order valence-electron chi connectivity index (χ3n) is 13.0. The molecule has 0 aromatic carbocycles. The molecular weight excluding hydrogens is 571 g/mol. The van der Waals surface area contributed by atoms with Crippen molar-refractivity contribution in [1.82, 2.24) is 14.7 Å². The van der Waals surface area contributed by atoms with Gasteiger partial charge in [-0.25, -0.2) is 0 Å². The van der Waals surface area contributed by atoms with Gasteiger partial charge in [-0.2, -0.15) is 0 Å². The summed E-state index contributed by atoms with van der Waals surface area (Å²) in [7, 11) is 0. The highest BCUT2D eigenvalue weighted by molar-refractivity contribution is 5.06. The molecule has 0 bridgehead atoms. The van der Waals surface area contributed by atoms with E-state index < -0.39 is 0 Å². The van der Waals surface area contributed by atoms with Crippen LogP contribution in [0.15, 0.2) is 0 Å². The smallest absolute Gasteiger partial charge is 0.0180 e. The molecule has 278 valence electrons. The molecule has 2 saturated carbocycles. The van der Waals surface area contributed by atoms with Gasteiger partial charge < -0.3 is 0 Å². The Hall–Kier alpha value is -0.120. The van der Waals surface area contributed by atoms with Crippen LogP contribution in [0.1, 0.15) is 195 Å². The van der Waals surface area contributed by atoms with E-state index in [4.69, 9.17) is 0 Å². The molecule has 5 aliphatic rings. The lowest BCUT2D eigenvalue weighted by Crippen LogP contribution is -2.55. The number of likely N-dealkylation sites (tertiary alicyclic amines) is 3. The minimum absolute atomic E-state index is 0.323. The predicted molar refractivity (Wildman–Crippen MR) is 209 cm³/mol. The fraction of sp³-hybridized carbons (Fsp3) is 1.00. The third kappa shape index (κ3) is 10.5. The first kappa shape index (κ1) is 41.3. The molecule has 3 aliphatic heterocycles. The van der Waals surface area contributed by atoms with Crippen molar-refractivity contribution in [3.05, 3.63) is 0 Å². The Morgan fingerprint density at radius 1 is 0.468 bits per heavy atom. The molecular formula is C44H87N3. The molecule has 3 nitrogen and oxygen atoms in total. The maximum atomic E-state index is 2.80. The van der Waals surface area contributed by atoms with Crippen LogP contribution in [0.3, 0.4) is 0 Å². The van der Waals surface area contributed by atoms with Crippen molar-refractivity contribution in [1.29, 1.82) is 0 Å². The highest BCUT2D eigenvalue weighted by Gasteiger charge is 2.52. The lowest BCUT2D eigenvalue weighted by atomic mass is 9.77. The Balaban J connectivity index is 0.000000193. The quantitative estimate of drug-likeness (QED) is 0.257. The van der Waals surface area contributed by atoms with Crippen LogP contribution in [0.4, 0.5) is 0 Å². The topological polar surface area (TPSA) is 9.72 Å². The van der Waals surface area contributed by atoms with E-state index in [1.165, 1.54) is 90.3 Å². The summed E-state index contributed by atoms with van der Waals surface area (Å²) in [5.41, 5.74) is 2.93. The van der Waals surface area contributed by atoms with Crippen LogP contribution in [0, 0.1) is 33.5 Å². The van der Waals surface area contributed by atoms with E-state index in [0.717, 1.165) is 30.0 Å². The molecule has 3 saturated heterocycles. The number of rotatable bonds is 0. The summed E-state index contributed by atoms with van der Waals surface area (Å²) in [6.45, 7) is 47.0. The van der Waals surface area contributed by atoms with Gasteiger partial charge >= 0.3 is 0 Å². The van der Waals surface area contributed by atoms with Crippen molar-refractivity contribution in [2.24, 2.45) is 33.5 Å². The Labute approximate surface area is 297 Å². The number of piperidine rings is 1. The van der Waals surface area contributed by atoms with E-state index >= 15 is 0 Å². The molecule has 0 aromatic rings. The summed E-state index contributed by atoms with van der Waals surface area (Å²) in [5.74, 6) is 1.96. The van der Waals surface area contributed by atoms with Gasteiger partial charge in [-0.15, -0.1) is 0 Å². The molecule has 47 heavy (non-hydrogen) atoms. The zero-order valence-corrected chi connectivity index (χ0v) is 35.6. The molecule has 3 heterocycles. The summed E-state index contributed by atoms with van der Waals surface area (Å²) in [6.07, 6.45) is 15.9. The SMILES string of the molecule is CC(C)(C)C1C2CCCC2CN1C(C)(C)C.CC(C)(C)C1CC2(CCCC2)CN1C(C)(C)C.CC(C)(C)C1CCCCN1C(C)(C)C. The Morgan fingerprint density at radius 3 is 1.38 bits per heavy atom. The highest BCUT2D eigenvalue weighted by Crippen LogP contribution is 2.53. The second-order valence-electron chi connectivity index (χ2n) is 23.3. The molecule has 5 unspecified atom stereocenters. The van der Waals surface area contributed by atoms with Crippen LogP contribution in [0.5, 0.6) is 0 Å². The van der Waals surface area contributed by atoms with Crippen molar-refractivity contribution in [3.8, 4) is 0 Å². The number of hydrogen-bond donors (Lipinski definition) is 0. The average molecular weight is 658 g/mol. The molecule has 3 heteroatoms. The van der Waals surface area contributed by atoms with Crippen LogP contribution < -0.4 is 0 Å². The molecule has 5 rings (SSSR count). The number of fused-ring (bicyclic) bond motifs is 1. The molecule has 0 N–H and O–H groups in total. The maximum Gasteiger partial charge on any atom is 0.0180 e. The van der Waals surface area contributed by atoms with E-state index in [-0.39, 0.29) is 0 Å². The molecule has 5 atom stereocenters. The van der Waals surface area contributed by atoms with Crippen molar-refractivity contribution >= 4 is 0 Å². The van der Waals surface area contributed by atoms with Crippen LogP contribution in [-0.4, -0.2) is 69.1 Å². The fourth-order valence-corrected chi connectivity index (χ4v) is 10.8. The second kappa shape index (κ2) is 14.5. The lowest BCUT2D eigenvalue weighted by molar-refractivity contribution is -0.00414. The van der Waals surface area contributed by atoms with Gasteiger partial charge in [0, 0.05) is 47.8 Å². The van der Waals surface area contributed by atoms with Gasteiger partial charge in [-0.05, 0) is 147 Å². The molecule has 0 amide bonds. The van der Waals surface area contributed by atoms with Crippen LogP contribution in [0.25, 0.3) is 0 Å². The van der Waals surface area contributed by atoms with Gasteiger partial charge in [0.15, 0.2) is 0 Å². The summed E-state index contributed by atoms with van der Waals surface area (Å²) < 4.78 is 0. The molecule has 0 radical (unpaired) electrons. The van der Waals surface area contributed by atoms with Gasteiger partial charge in [0.25, 0.3) is 0 Å². The Kier molecular flexibility index (Phi) is 12.7. The highest BCUT2D eigenvalue weighted by atomic mass is 15.3. The van der Waals surface area contributed by atoms with Gasteiger partial charge in [0.1, 0.15) is 0 Å². The molecule has 2 aliphatic carbocycles. The largest absolute Gasteiger partial charge is 0.295 e. The Morgan fingerprint density at radius 2 is 0.979 bits per heavy atom. The van der Waals surface area contributed by atoms with E-state index in [1.807, 2.05) is 0 Å². The normalized spacial score (nSPS) is 31.4. The van der Waals surface area contributed by atoms with Gasteiger partial charge in [0.05, 0.1) is 0 Å². The van der Waals surface area contributed by atoms with Gasteiger partial charge in [-0.1, -0.05) is 88.0 Å². The number of hydrogen-bond acceptors (Lipinski definition) is 3. The van der Waals surface area contributed by atoms with Crippen molar-refractivity contribution in [3.63, 3.8) is 0 Å². The summed E-state index contributed by atoms with van der Waals surface area (Å²) >= 11 is 0. The summed E-state index contributed by atoms with van der Waals surface area (Å²) in [5, 5.41) is 0. The lowest BCUT2D eigenvalue weighted by Gasteiger charge is -2.50. The van der Waals surface area contributed by atoms with Crippen LogP contribution >= 0.6 is 0 Å². The Bertz CT molecular complexity index is 917. The van der Waals surface area contributed by atoms with Gasteiger partial charge in [-0.3, -0.25) is 14.7 Å². The fourth-order valence-electron chi connectivity index (χ4n) is 10.8. The van der Waals surface area contributed by atoms with E-state index in [0.29, 0.717) is 38.3 Å². The van der Waals surface area contributed by atoms with E-state index in [1.54, 1.807) is 0 Å². The van der Waals surface area contributed by atoms with E-state index in [9.17, 15) is 0 Å². The third-order valence-corrected chi connectivity index (χ3v) is 13.0. The zero-order valence-electron chi connectivity index (χ0n) is 35.6. The second-order valence-corrected chi connectivity index (χ2v) is 23.3. The first-order valence-corrected chi connectivity index (χ1v) is 20.4. The van der Waals surface area contributed by atoms with Gasteiger partial charge in [0.2, 0.25) is 0 Å². The van der Waals surface area contributed by atoms with Crippen molar-refractivity contribution in [2.45, 2.75) is 230 Å². The number of nitrogens with zero attached hydrogens (tertiary/aromatic N) is 3. The first-order chi connectivity index (χ1) is 21.1. The maximum absolute atomic E-state index is 2.80. The standard InChI is InChI=1S/C16H31N.C15H29N.C13H27N/c1-14(2,3)13-11-16(9-7-8-10-16)12-17(13)15(4,5)6;1-14(2,3)13-12-9-7-8-11(12)10-16(13)15(4,5)6;1-12(2,3)11-9-7-8-10-14(11)13(4,5)6/h13H,7-12H2,1-6H3;11-13H,7-10H2,1-6H3;11H,7-10H2,1-6H3. The van der Waals surface area contributed by atoms with Crippen LogP contribution in [0.2, 0.25) is 0 Å². The van der Waals surface area contributed by atoms with Crippen LogP contribution in [-0.2, 0) is 0 Å². The molecule has 1 spiro atoms. The minimum atomic E-state index is 0.323. The molecule has 0 aromatic heterocycles. The monoisotopic (exact) mass is 658 g/mol. The first-order valence-electron chi connectivity index (χ1n) is 20.4. The van der Waals surface area contributed by atoms with Crippen molar-refractivity contribution < 1.29 is 0 Å². The summed E-state index contributed by atoms with van der Waals surface area (Å²) in [4.78, 5) is 8.30. The zero-order chi connectivity index (χ0) is 36.0.